The van der Waals surface area contributed by atoms with E-state index >= 15 is 0 Å². The molecule has 2 heterocycles. The number of hydrogen-bond donors (Lipinski definition) is 1. The Balaban J connectivity index is 1.76. The van der Waals surface area contributed by atoms with Crippen molar-refractivity contribution < 1.29 is 0 Å². The van der Waals surface area contributed by atoms with Crippen molar-refractivity contribution in [2.24, 2.45) is 10.9 Å². The topological polar surface area (TPSA) is 27.6 Å². The largest absolute Gasteiger partial charge is 0.359 e. The van der Waals surface area contributed by atoms with Gasteiger partial charge < -0.3 is 10.2 Å². The van der Waals surface area contributed by atoms with E-state index in [0.29, 0.717) is 11.5 Å². The van der Waals surface area contributed by atoms with Gasteiger partial charge in [0.25, 0.3) is 0 Å². The first-order valence-corrected chi connectivity index (χ1v) is 8.84. The van der Waals surface area contributed by atoms with Crippen LogP contribution in [0.5, 0.6) is 0 Å². The summed E-state index contributed by atoms with van der Waals surface area (Å²) in [6, 6.07) is 0. The molecule has 3 nitrogen and oxygen atoms in total. The van der Waals surface area contributed by atoms with Crippen LogP contribution in [0.4, 0.5) is 0 Å². The van der Waals surface area contributed by atoms with Crippen LogP contribution in [-0.2, 0) is 0 Å². The Morgan fingerprint density at radius 2 is 2.00 bits per heavy atom. The zero-order chi connectivity index (χ0) is 13.7. The number of hydrogen-bond acceptors (Lipinski definition) is 3. The standard InChI is InChI=1S/C15H29N3S/c1-4-15(5-2)12-19-14(17-15)16-10-13(3)11-18-8-6-7-9-18/h13H,4-12H2,1-3H3,(H,16,17). The van der Waals surface area contributed by atoms with E-state index in [1.54, 1.807) is 0 Å². The maximum atomic E-state index is 4.80. The summed E-state index contributed by atoms with van der Waals surface area (Å²) in [7, 11) is 0. The number of nitrogens with zero attached hydrogens (tertiary/aromatic N) is 2. The third-order valence-electron chi connectivity index (χ3n) is 4.53. The fourth-order valence-electron chi connectivity index (χ4n) is 2.92. The van der Waals surface area contributed by atoms with Gasteiger partial charge in [0.15, 0.2) is 5.17 Å². The molecule has 0 amide bonds. The fourth-order valence-corrected chi connectivity index (χ4v) is 4.27. The van der Waals surface area contributed by atoms with Gasteiger partial charge in [-0.25, -0.2) is 0 Å². The predicted molar refractivity (Wildman–Crippen MR) is 86.0 cm³/mol. The van der Waals surface area contributed by atoms with Gasteiger partial charge in [0, 0.05) is 24.4 Å². The van der Waals surface area contributed by atoms with Crippen LogP contribution in [0.1, 0.15) is 46.5 Å². The van der Waals surface area contributed by atoms with E-state index in [0.717, 1.165) is 6.54 Å². The highest BCUT2D eigenvalue weighted by Gasteiger charge is 2.33. The summed E-state index contributed by atoms with van der Waals surface area (Å²) in [5, 5.41) is 4.83. The van der Waals surface area contributed by atoms with Crippen molar-refractivity contribution in [2.75, 3.05) is 31.9 Å². The van der Waals surface area contributed by atoms with Gasteiger partial charge in [0.1, 0.15) is 0 Å². The molecule has 2 fully saturated rings. The van der Waals surface area contributed by atoms with Crippen LogP contribution < -0.4 is 5.32 Å². The lowest BCUT2D eigenvalue weighted by atomic mass is 9.96. The third kappa shape index (κ3) is 4.12. The number of thioether (sulfide) groups is 1. The van der Waals surface area contributed by atoms with Gasteiger partial charge in [-0.3, -0.25) is 4.99 Å². The van der Waals surface area contributed by atoms with Gasteiger partial charge in [-0.15, -0.1) is 0 Å². The molecule has 1 unspecified atom stereocenters. The lowest BCUT2D eigenvalue weighted by Gasteiger charge is -2.25. The summed E-state index contributed by atoms with van der Waals surface area (Å²) >= 11 is 1.91. The lowest BCUT2D eigenvalue weighted by molar-refractivity contribution is 0.291. The van der Waals surface area contributed by atoms with E-state index < -0.39 is 0 Å². The molecule has 0 aliphatic carbocycles. The molecule has 2 rings (SSSR count). The van der Waals surface area contributed by atoms with Gasteiger partial charge in [-0.1, -0.05) is 32.5 Å². The second-order valence-corrected chi connectivity index (χ2v) is 7.12. The number of nitrogens with one attached hydrogen (secondary N) is 1. The molecule has 2 saturated heterocycles. The van der Waals surface area contributed by atoms with Crippen molar-refractivity contribution in [2.45, 2.75) is 52.0 Å². The first-order valence-electron chi connectivity index (χ1n) is 7.85. The molecule has 0 aromatic carbocycles. The average molecular weight is 283 g/mol. The molecule has 0 saturated carbocycles. The van der Waals surface area contributed by atoms with Crippen molar-refractivity contribution in [1.82, 2.24) is 10.2 Å². The van der Waals surface area contributed by atoms with Crippen molar-refractivity contribution in [3.05, 3.63) is 0 Å². The minimum atomic E-state index is 0.307. The van der Waals surface area contributed by atoms with Gasteiger partial charge in [0.2, 0.25) is 0 Å². The summed E-state index contributed by atoms with van der Waals surface area (Å²) in [6.45, 7) is 11.6. The first kappa shape index (κ1) is 15.2. The van der Waals surface area contributed by atoms with Crippen LogP contribution in [0.15, 0.2) is 4.99 Å². The molecule has 0 spiro atoms. The van der Waals surface area contributed by atoms with E-state index in [1.165, 1.54) is 56.2 Å². The highest BCUT2D eigenvalue weighted by Crippen LogP contribution is 2.29. The highest BCUT2D eigenvalue weighted by atomic mass is 32.2. The second-order valence-electron chi connectivity index (χ2n) is 6.16. The number of likely N-dealkylation sites (tertiary alicyclic amines) is 1. The Labute approximate surface area is 122 Å². The van der Waals surface area contributed by atoms with Gasteiger partial charge in [-0.05, 0) is 44.7 Å². The summed E-state index contributed by atoms with van der Waals surface area (Å²) in [5.74, 6) is 1.85. The van der Waals surface area contributed by atoms with E-state index in [-0.39, 0.29) is 0 Å². The Morgan fingerprint density at radius 3 is 2.58 bits per heavy atom. The average Bonchev–Trinajstić information content (AvgIpc) is 3.06. The molecule has 0 radical (unpaired) electrons. The molecule has 2 aliphatic heterocycles. The highest BCUT2D eigenvalue weighted by molar-refractivity contribution is 8.14. The van der Waals surface area contributed by atoms with Crippen LogP contribution in [-0.4, -0.2) is 47.5 Å². The van der Waals surface area contributed by atoms with Crippen molar-refractivity contribution in [1.29, 1.82) is 0 Å². The number of rotatable bonds is 6. The minimum absolute atomic E-state index is 0.307. The smallest absolute Gasteiger partial charge is 0.157 e. The molecule has 0 aromatic heterocycles. The van der Waals surface area contributed by atoms with Crippen LogP contribution in [0.3, 0.4) is 0 Å². The van der Waals surface area contributed by atoms with Crippen molar-refractivity contribution in [3.8, 4) is 0 Å². The summed E-state index contributed by atoms with van der Waals surface area (Å²) in [4.78, 5) is 7.38. The molecule has 0 aromatic rings. The minimum Gasteiger partial charge on any atom is -0.359 e. The lowest BCUT2D eigenvalue weighted by Crippen LogP contribution is -2.42. The molecular formula is C15H29N3S. The van der Waals surface area contributed by atoms with Crippen LogP contribution in [0.2, 0.25) is 0 Å². The molecule has 19 heavy (non-hydrogen) atoms. The molecule has 1 N–H and O–H groups in total. The number of aliphatic imine (C=N–C) groups is 1. The Kier molecular flexibility index (Phi) is 5.58. The van der Waals surface area contributed by atoms with E-state index in [2.05, 4.69) is 31.0 Å². The van der Waals surface area contributed by atoms with E-state index in [4.69, 9.17) is 4.99 Å². The SMILES string of the molecule is CCC1(CC)CSC(=NCC(C)CN2CCCC2)N1. The third-order valence-corrected chi connectivity index (χ3v) is 5.73. The molecule has 2 aliphatic rings. The van der Waals surface area contributed by atoms with Crippen molar-refractivity contribution >= 4 is 16.9 Å². The Morgan fingerprint density at radius 1 is 1.32 bits per heavy atom. The number of amidine groups is 1. The second kappa shape index (κ2) is 6.98. The molecule has 110 valence electrons. The zero-order valence-corrected chi connectivity index (χ0v) is 13.6. The first-order chi connectivity index (χ1) is 9.17. The monoisotopic (exact) mass is 283 g/mol. The van der Waals surface area contributed by atoms with E-state index in [9.17, 15) is 0 Å². The predicted octanol–water partition coefficient (Wildman–Crippen LogP) is 2.97. The Bertz CT molecular complexity index is 307. The van der Waals surface area contributed by atoms with Gasteiger partial charge >= 0.3 is 0 Å². The molecule has 0 bridgehead atoms. The summed E-state index contributed by atoms with van der Waals surface area (Å²) in [5.41, 5.74) is 0.307. The molecular weight excluding hydrogens is 254 g/mol. The van der Waals surface area contributed by atoms with Crippen LogP contribution in [0, 0.1) is 5.92 Å². The zero-order valence-electron chi connectivity index (χ0n) is 12.7. The maximum Gasteiger partial charge on any atom is 0.157 e. The maximum absolute atomic E-state index is 4.80. The summed E-state index contributed by atoms with van der Waals surface area (Å²) < 4.78 is 0. The van der Waals surface area contributed by atoms with Crippen molar-refractivity contribution in [3.63, 3.8) is 0 Å². The van der Waals surface area contributed by atoms with Gasteiger partial charge in [-0.2, -0.15) is 0 Å². The Hall–Kier alpha value is -0.220. The van der Waals surface area contributed by atoms with E-state index in [1.807, 2.05) is 11.8 Å². The van der Waals surface area contributed by atoms with Gasteiger partial charge in [0.05, 0.1) is 0 Å². The summed E-state index contributed by atoms with van der Waals surface area (Å²) in [6.07, 6.45) is 5.15. The molecule has 1 atom stereocenters. The normalized spacial score (nSPS) is 26.8. The quantitative estimate of drug-likeness (QED) is 0.812. The molecule has 4 heteroatoms. The fraction of sp³-hybridized carbons (Fsp3) is 0.933. The van der Waals surface area contributed by atoms with Crippen LogP contribution in [0.25, 0.3) is 0 Å². The van der Waals surface area contributed by atoms with Crippen LogP contribution >= 0.6 is 11.8 Å².